The van der Waals surface area contributed by atoms with Crippen molar-refractivity contribution in [2.75, 3.05) is 0 Å². The van der Waals surface area contributed by atoms with Gasteiger partial charge in [0, 0.05) is 5.56 Å². The Morgan fingerprint density at radius 3 is 1.06 bits per heavy atom. The average Bonchev–Trinajstić information content (AvgIpc) is 3.20. The fourth-order valence-electron chi connectivity index (χ4n) is 5.62. The van der Waals surface area contributed by atoms with E-state index in [1.165, 1.54) is 36.4 Å². The molecule has 52 heavy (non-hydrogen) atoms. The van der Waals surface area contributed by atoms with Gasteiger partial charge in [0.1, 0.15) is 0 Å². The van der Waals surface area contributed by atoms with Crippen LogP contribution in [0.5, 0.6) is 0 Å². The highest BCUT2D eigenvalue weighted by Crippen LogP contribution is 2.32. The van der Waals surface area contributed by atoms with Crippen LogP contribution in [0.1, 0.15) is 27.8 Å². The van der Waals surface area contributed by atoms with Crippen LogP contribution < -0.4 is 10.4 Å². The monoisotopic (exact) mass is 658 g/mol. The smallest absolute Gasteiger partial charge is 0.238 e. The first kappa shape index (κ1) is 34.1. The Morgan fingerprint density at radius 2 is 0.712 bits per heavy atom. The molecule has 0 saturated carbocycles. The number of hydrogen-bond donors (Lipinski definition) is 0. The molecule has 5 rings (SSSR count). The average molecular weight is 659 g/mol. The topological polar surface area (TPSA) is 180 Å². The molecule has 5 aromatic rings. The second-order valence-corrected chi connectivity index (χ2v) is 10.9. The summed E-state index contributed by atoms with van der Waals surface area (Å²) < 4.78 is 0. The Hall–Kier alpha value is -9.26. The first-order valence-corrected chi connectivity index (χ1v) is 14.7. The van der Waals surface area contributed by atoms with Crippen molar-refractivity contribution in [3.05, 3.63) is 157 Å². The summed E-state index contributed by atoms with van der Waals surface area (Å²) in [5, 5.41) is 69.1. The molecule has 0 bridgehead atoms. The third-order valence-electron chi connectivity index (χ3n) is 7.88. The number of hydrogen-bond acceptors (Lipinski definition) is 7. The van der Waals surface area contributed by atoms with E-state index in [0.29, 0.717) is 33.4 Å². The quantitative estimate of drug-likeness (QED) is 0.181. The largest absolute Gasteiger partial charge is 0.269 e. The molecule has 0 spiro atoms. The lowest BCUT2D eigenvalue weighted by Gasteiger charge is -2.14. The van der Waals surface area contributed by atoms with Gasteiger partial charge in [-0.1, -0.05) is 12.1 Å². The molecule has 0 amide bonds. The molecule has 0 N–H and O–H groups in total. The van der Waals surface area contributed by atoms with Crippen molar-refractivity contribution < 1.29 is 0 Å². The Kier molecular flexibility index (Phi) is 9.61. The molecule has 0 heterocycles. The van der Waals surface area contributed by atoms with Gasteiger partial charge >= 0.3 is 0 Å². The maximum atomic E-state index is 10.1. The second kappa shape index (κ2) is 14.7. The van der Waals surface area contributed by atoms with Crippen LogP contribution in [0, 0.1) is 99.0 Å². The summed E-state index contributed by atoms with van der Waals surface area (Å²) in [6.07, 6.45) is 0. The Balaban J connectivity index is 1.93. The molecule has 5 aromatic carbocycles. The maximum Gasteiger partial charge on any atom is 0.269 e. The molecule has 0 aliphatic heterocycles. The van der Waals surface area contributed by atoms with E-state index in [0.717, 1.165) is 0 Å². The molecular formula is C42H14N10. The minimum atomic E-state index is -0.341. The standard InChI is InChI=1S/C42H14N10/c1-50-36-12-29(22-47)9-33(15-36)32-8-28(21-46)11-35(14-32)38-17-39(41(23-48)51-2)37(16-40(38)42(24-49)52-3)34-10-27(20-45)7-31(13-34)30-5-25(18-43)4-26(6-30)19-44/h4-17H/b41-39+,42-40-. The second-order valence-electron chi connectivity index (χ2n) is 10.9. The van der Waals surface area contributed by atoms with Gasteiger partial charge in [-0.25, -0.2) is 25.1 Å². The summed E-state index contributed by atoms with van der Waals surface area (Å²) in [6.45, 7) is 23.1. The summed E-state index contributed by atoms with van der Waals surface area (Å²) in [6, 6.07) is 35.5. The van der Waals surface area contributed by atoms with Gasteiger partial charge in [0.2, 0.25) is 0 Å². The number of nitrogens with zero attached hydrogens (tertiary/aromatic N) is 10. The van der Waals surface area contributed by atoms with Crippen molar-refractivity contribution in [3.63, 3.8) is 0 Å². The van der Waals surface area contributed by atoms with E-state index in [-0.39, 0.29) is 66.5 Å². The predicted octanol–water partition coefficient (Wildman–Crippen LogP) is 7.37. The Bertz CT molecular complexity index is 2670. The third kappa shape index (κ3) is 6.60. The van der Waals surface area contributed by atoms with Gasteiger partial charge < -0.3 is 0 Å². The van der Waals surface area contributed by atoms with Crippen LogP contribution >= 0.6 is 0 Å². The molecule has 0 aliphatic carbocycles. The van der Waals surface area contributed by atoms with E-state index in [1.54, 1.807) is 48.5 Å². The van der Waals surface area contributed by atoms with E-state index >= 15 is 0 Å². The van der Waals surface area contributed by atoms with Gasteiger partial charge in [0.05, 0.1) is 84.5 Å². The van der Waals surface area contributed by atoms with Crippen LogP contribution in [-0.4, -0.2) is 0 Å². The van der Waals surface area contributed by atoms with Crippen LogP contribution in [0.3, 0.4) is 0 Å². The maximum absolute atomic E-state index is 10.1. The molecule has 0 aromatic heterocycles. The van der Waals surface area contributed by atoms with Gasteiger partial charge in [-0.3, -0.25) is 0 Å². The van der Waals surface area contributed by atoms with E-state index in [9.17, 15) is 36.8 Å². The van der Waals surface area contributed by atoms with Gasteiger partial charge in [0.25, 0.3) is 11.4 Å². The fourth-order valence-corrected chi connectivity index (χ4v) is 5.62. The van der Waals surface area contributed by atoms with Gasteiger partial charge in [-0.05, 0) is 128 Å². The highest BCUT2D eigenvalue weighted by molar-refractivity contribution is 5.86. The van der Waals surface area contributed by atoms with Crippen LogP contribution in [0.25, 0.3) is 70.4 Å². The summed E-state index contributed by atoms with van der Waals surface area (Å²) >= 11 is 0. The normalized spacial score (nSPS) is 10.7. The molecule has 10 heteroatoms. The molecule has 232 valence electrons. The van der Waals surface area contributed by atoms with Gasteiger partial charge in [0.15, 0.2) is 5.69 Å². The molecule has 0 atom stereocenters. The van der Waals surface area contributed by atoms with Gasteiger partial charge in [-0.15, -0.1) is 0 Å². The first-order valence-electron chi connectivity index (χ1n) is 14.7. The van der Waals surface area contributed by atoms with Crippen molar-refractivity contribution in [2.24, 2.45) is 0 Å². The molecule has 0 radical (unpaired) electrons. The summed E-state index contributed by atoms with van der Waals surface area (Å²) in [7, 11) is 0. The minimum absolute atomic E-state index is 0.105. The molecule has 10 nitrogen and oxygen atoms in total. The number of rotatable bonds is 4. The minimum Gasteiger partial charge on any atom is -0.238 e. The molecule has 0 saturated heterocycles. The zero-order valence-electron chi connectivity index (χ0n) is 26.6. The summed E-state index contributed by atoms with van der Waals surface area (Å²) in [5.74, 6) is 0. The Labute approximate surface area is 297 Å². The molecule has 0 fully saturated rings. The van der Waals surface area contributed by atoms with Crippen molar-refractivity contribution >= 4 is 17.1 Å². The van der Waals surface area contributed by atoms with Crippen LogP contribution in [0.4, 0.5) is 5.69 Å². The first-order chi connectivity index (χ1) is 25.3. The van der Waals surface area contributed by atoms with E-state index in [2.05, 4.69) is 26.7 Å². The lowest BCUT2D eigenvalue weighted by Crippen LogP contribution is -2.19. The van der Waals surface area contributed by atoms with Crippen molar-refractivity contribution in [2.45, 2.75) is 0 Å². The van der Waals surface area contributed by atoms with Crippen molar-refractivity contribution in [1.82, 2.24) is 0 Å². The lowest BCUT2D eigenvalue weighted by atomic mass is 9.89. The van der Waals surface area contributed by atoms with E-state index in [4.69, 9.17) is 19.7 Å². The van der Waals surface area contributed by atoms with Gasteiger partial charge in [-0.2, -0.15) is 26.3 Å². The third-order valence-corrected chi connectivity index (χ3v) is 7.88. The van der Waals surface area contributed by atoms with Crippen LogP contribution in [0.2, 0.25) is 0 Å². The summed E-state index contributed by atoms with van der Waals surface area (Å²) in [4.78, 5) is 10.3. The zero-order valence-corrected chi connectivity index (χ0v) is 26.6. The number of nitriles is 7. The van der Waals surface area contributed by atoms with Crippen LogP contribution in [-0.2, 0) is 0 Å². The predicted molar refractivity (Wildman–Crippen MR) is 189 cm³/mol. The Morgan fingerprint density at radius 1 is 0.385 bits per heavy atom. The molecule has 0 aliphatic rings. The fraction of sp³-hybridized carbons (Fsp3) is 0. The van der Waals surface area contributed by atoms with Crippen LogP contribution in [0.15, 0.2) is 84.9 Å². The van der Waals surface area contributed by atoms with Crippen molar-refractivity contribution in [3.8, 4) is 87.0 Å². The van der Waals surface area contributed by atoms with E-state index in [1.807, 2.05) is 30.3 Å². The molecular weight excluding hydrogens is 645 g/mol. The summed E-state index contributed by atoms with van der Waals surface area (Å²) in [5.41, 5.74) is 3.47. The van der Waals surface area contributed by atoms with Crippen molar-refractivity contribution in [1.29, 1.82) is 36.8 Å². The lowest BCUT2D eigenvalue weighted by molar-refractivity contribution is 1.43. The zero-order chi connectivity index (χ0) is 37.4. The SMILES string of the molecule is [C-]#[N+]/C(C#N)=c1/cc(-c2cc(C#N)cc(-c3cc(C#N)cc(C#N)c3)c2)/c(=C(\C#N)[N+]#[C-])cc1-c1cc(C#N)cc(-c2cc(C#N)cc([N+]#[C-])c2)c1. The highest BCUT2D eigenvalue weighted by Gasteiger charge is 2.16. The molecule has 0 unspecified atom stereocenters. The highest BCUT2D eigenvalue weighted by atomic mass is 14.7. The van der Waals surface area contributed by atoms with E-state index < -0.39 is 0 Å². The number of benzene rings is 5.